The molecule has 1 saturated heterocycles. The van der Waals surface area contributed by atoms with E-state index in [1.165, 1.54) is 5.56 Å². The van der Waals surface area contributed by atoms with E-state index >= 15 is 0 Å². The zero-order chi connectivity index (χ0) is 17.5. The molecule has 136 valence electrons. The highest BCUT2D eigenvalue weighted by Crippen LogP contribution is 2.26. The summed E-state index contributed by atoms with van der Waals surface area (Å²) in [6.45, 7) is 4.05. The van der Waals surface area contributed by atoms with Crippen LogP contribution in [0.5, 0.6) is 0 Å². The quantitative estimate of drug-likeness (QED) is 0.469. The van der Waals surface area contributed by atoms with Crippen molar-refractivity contribution in [1.29, 1.82) is 0 Å². The van der Waals surface area contributed by atoms with E-state index in [0.29, 0.717) is 19.1 Å². The molecule has 25 heavy (non-hydrogen) atoms. The van der Waals surface area contributed by atoms with Crippen molar-refractivity contribution >= 4 is 5.96 Å². The number of rotatable bonds is 7. The van der Waals surface area contributed by atoms with E-state index in [4.69, 9.17) is 14.1 Å². The fourth-order valence-corrected chi connectivity index (χ4v) is 3.14. The topological polar surface area (TPSA) is 67.8 Å². The van der Waals surface area contributed by atoms with E-state index in [9.17, 15) is 0 Å². The molecule has 0 radical (unpaired) electrons. The summed E-state index contributed by atoms with van der Waals surface area (Å²) in [5, 5.41) is 7.77. The first-order chi connectivity index (χ1) is 12.3. The number of hydrogen-bond acceptors (Lipinski definition) is 4. The third-order valence-electron chi connectivity index (χ3n) is 4.48. The molecule has 7 heteroatoms. The van der Waals surface area contributed by atoms with E-state index in [1.54, 1.807) is 13.4 Å². The Morgan fingerprint density at radius 1 is 1.52 bits per heavy atom. The van der Waals surface area contributed by atoms with Gasteiger partial charge < -0.3 is 19.4 Å². The van der Waals surface area contributed by atoms with Gasteiger partial charge in [0.05, 0.1) is 25.6 Å². The number of guanidine groups is 1. The van der Waals surface area contributed by atoms with Crippen molar-refractivity contribution in [2.45, 2.75) is 18.8 Å². The Morgan fingerprint density at radius 3 is 3.16 bits per heavy atom. The van der Waals surface area contributed by atoms with Crippen molar-refractivity contribution < 1.29 is 9.15 Å². The summed E-state index contributed by atoms with van der Waals surface area (Å²) >= 11 is 0. The Bertz CT molecular complexity index is 665. The van der Waals surface area contributed by atoms with Gasteiger partial charge in [-0.05, 0) is 24.1 Å². The third-order valence-corrected chi connectivity index (χ3v) is 4.48. The third kappa shape index (κ3) is 4.85. The van der Waals surface area contributed by atoms with Gasteiger partial charge in [-0.3, -0.25) is 9.67 Å². The summed E-state index contributed by atoms with van der Waals surface area (Å²) in [5.41, 5.74) is 1.30. The number of methoxy groups -OCH3 is 1. The fourth-order valence-electron chi connectivity index (χ4n) is 3.14. The average molecular weight is 345 g/mol. The van der Waals surface area contributed by atoms with Crippen LogP contribution in [0.1, 0.15) is 23.7 Å². The lowest BCUT2D eigenvalue weighted by atomic mass is 10.0. The van der Waals surface area contributed by atoms with Gasteiger partial charge in [0.15, 0.2) is 5.96 Å². The SMILES string of the molecule is COCCN=C(NCCc1ccco1)N1CCC(c2cnn(C)c2)C1. The van der Waals surface area contributed by atoms with Crippen molar-refractivity contribution in [1.82, 2.24) is 20.0 Å². The van der Waals surface area contributed by atoms with Crippen LogP contribution in [0, 0.1) is 0 Å². The Labute approximate surface area is 148 Å². The maximum absolute atomic E-state index is 5.39. The fraction of sp³-hybridized carbons (Fsp3) is 0.556. The molecule has 0 amide bonds. The summed E-state index contributed by atoms with van der Waals surface area (Å²) in [7, 11) is 3.66. The zero-order valence-corrected chi connectivity index (χ0v) is 15.0. The Morgan fingerprint density at radius 2 is 2.44 bits per heavy atom. The van der Waals surface area contributed by atoms with Crippen LogP contribution >= 0.6 is 0 Å². The van der Waals surface area contributed by atoms with Gasteiger partial charge in [-0.25, -0.2) is 0 Å². The smallest absolute Gasteiger partial charge is 0.194 e. The van der Waals surface area contributed by atoms with Crippen LogP contribution in [0.25, 0.3) is 0 Å². The summed E-state index contributed by atoms with van der Waals surface area (Å²) in [5.74, 6) is 2.45. The van der Waals surface area contributed by atoms with Crippen LogP contribution in [0.3, 0.4) is 0 Å². The Kier molecular flexibility index (Phi) is 6.11. The molecule has 3 heterocycles. The summed E-state index contributed by atoms with van der Waals surface area (Å²) < 4.78 is 12.4. The molecule has 0 aromatic carbocycles. The number of aromatic nitrogens is 2. The van der Waals surface area contributed by atoms with Gasteiger partial charge in [-0.1, -0.05) is 0 Å². The van der Waals surface area contributed by atoms with Crippen molar-refractivity contribution in [3.05, 3.63) is 42.1 Å². The predicted octanol–water partition coefficient (Wildman–Crippen LogP) is 1.64. The van der Waals surface area contributed by atoms with E-state index < -0.39 is 0 Å². The second kappa shape index (κ2) is 8.71. The molecule has 1 fully saturated rings. The first-order valence-corrected chi connectivity index (χ1v) is 8.79. The normalized spacial score (nSPS) is 18.1. The number of likely N-dealkylation sites (tertiary alicyclic amines) is 1. The zero-order valence-electron chi connectivity index (χ0n) is 15.0. The van der Waals surface area contributed by atoms with Crippen molar-refractivity contribution in [3.8, 4) is 0 Å². The highest BCUT2D eigenvalue weighted by atomic mass is 16.5. The van der Waals surface area contributed by atoms with Crippen LogP contribution in [-0.4, -0.2) is 60.5 Å². The monoisotopic (exact) mass is 345 g/mol. The molecule has 1 atom stereocenters. The van der Waals surface area contributed by atoms with Gasteiger partial charge in [0.2, 0.25) is 0 Å². The first kappa shape index (κ1) is 17.5. The van der Waals surface area contributed by atoms with Crippen LogP contribution in [0.4, 0.5) is 0 Å². The molecular weight excluding hydrogens is 318 g/mol. The minimum Gasteiger partial charge on any atom is -0.469 e. The first-order valence-electron chi connectivity index (χ1n) is 8.79. The second-order valence-corrected chi connectivity index (χ2v) is 6.33. The van der Waals surface area contributed by atoms with E-state index in [-0.39, 0.29) is 0 Å². The lowest BCUT2D eigenvalue weighted by Gasteiger charge is -2.22. The molecular formula is C18H27N5O2. The van der Waals surface area contributed by atoms with Crippen LogP contribution in [0.2, 0.25) is 0 Å². The maximum Gasteiger partial charge on any atom is 0.194 e. The standard InChI is InChI=1S/C18H27N5O2/c1-22-13-16(12-21-22)15-6-9-23(14-15)18(20-8-11-24-2)19-7-5-17-4-3-10-25-17/h3-4,10,12-13,15H,5-9,11,14H2,1-2H3,(H,19,20). The Balaban J connectivity index is 1.57. The van der Waals surface area contributed by atoms with E-state index in [2.05, 4.69) is 21.5 Å². The minimum absolute atomic E-state index is 0.508. The van der Waals surface area contributed by atoms with Crippen LogP contribution < -0.4 is 5.32 Å². The average Bonchev–Trinajstić information content (AvgIpc) is 3.35. The lowest BCUT2D eigenvalue weighted by Crippen LogP contribution is -2.41. The highest BCUT2D eigenvalue weighted by Gasteiger charge is 2.27. The van der Waals surface area contributed by atoms with Crippen molar-refractivity contribution in [2.75, 3.05) is 39.9 Å². The number of nitrogens with one attached hydrogen (secondary N) is 1. The number of furan rings is 1. The summed E-state index contributed by atoms with van der Waals surface area (Å²) in [6.07, 6.45) is 7.76. The summed E-state index contributed by atoms with van der Waals surface area (Å²) in [4.78, 5) is 7.03. The molecule has 0 spiro atoms. The van der Waals surface area contributed by atoms with Gasteiger partial charge in [-0.2, -0.15) is 5.10 Å². The molecule has 2 aromatic heterocycles. The number of nitrogens with zero attached hydrogens (tertiary/aromatic N) is 4. The Hall–Kier alpha value is -2.28. The summed E-state index contributed by atoms with van der Waals surface area (Å²) in [6, 6.07) is 3.92. The molecule has 1 aliphatic rings. The highest BCUT2D eigenvalue weighted by molar-refractivity contribution is 5.80. The number of aliphatic imine (C=N–C) groups is 1. The van der Waals surface area contributed by atoms with Gasteiger partial charge in [0.25, 0.3) is 0 Å². The van der Waals surface area contributed by atoms with Crippen LogP contribution in [-0.2, 0) is 18.2 Å². The van der Waals surface area contributed by atoms with Crippen molar-refractivity contribution in [3.63, 3.8) is 0 Å². The van der Waals surface area contributed by atoms with Crippen molar-refractivity contribution in [2.24, 2.45) is 12.0 Å². The molecule has 7 nitrogen and oxygen atoms in total. The van der Waals surface area contributed by atoms with Gasteiger partial charge in [0, 0.05) is 52.3 Å². The van der Waals surface area contributed by atoms with Crippen LogP contribution in [0.15, 0.2) is 40.2 Å². The molecule has 1 unspecified atom stereocenters. The molecule has 2 aromatic rings. The van der Waals surface area contributed by atoms with Gasteiger partial charge in [0.1, 0.15) is 5.76 Å². The molecule has 1 aliphatic heterocycles. The number of aryl methyl sites for hydroxylation is 1. The van der Waals surface area contributed by atoms with Gasteiger partial charge >= 0.3 is 0 Å². The van der Waals surface area contributed by atoms with E-state index in [1.807, 2.05) is 30.1 Å². The number of ether oxygens (including phenoxy) is 1. The number of hydrogen-bond donors (Lipinski definition) is 1. The molecule has 0 bridgehead atoms. The lowest BCUT2D eigenvalue weighted by molar-refractivity contribution is 0.207. The van der Waals surface area contributed by atoms with Gasteiger partial charge in [-0.15, -0.1) is 0 Å². The maximum atomic E-state index is 5.39. The molecule has 1 N–H and O–H groups in total. The molecule has 0 aliphatic carbocycles. The molecule has 0 saturated carbocycles. The second-order valence-electron chi connectivity index (χ2n) is 6.33. The predicted molar refractivity (Wildman–Crippen MR) is 96.7 cm³/mol. The van der Waals surface area contributed by atoms with E-state index in [0.717, 1.165) is 44.2 Å². The largest absolute Gasteiger partial charge is 0.469 e. The minimum atomic E-state index is 0.508. The molecule has 3 rings (SSSR count).